The largest absolute Gasteiger partial charge is 0.459 e. The van der Waals surface area contributed by atoms with Crippen molar-refractivity contribution in [1.82, 2.24) is 10.6 Å². The van der Waals surface area contributed by atoms with Gasteiger partial charge in [0, 0.05) is 6.42 Å². The van der Waals surface area contributed by atoms with E-state index in [1.807, 2.05) is 6.07 Å². The molecule has 0 bridgehead atoms. The standard InChI is InChI=1S/C20H29N3O6/c1-13(22-19(27)29-20(2,3)4)17(25)23-15(10-11-16(21)24)18(26)28-12-14-8-6-5-7-9-14/h5-9,13,15H,10-12H2,1-4H3,(H2,21,24)(H,22,27)(H,23,25)/t13-,15-/m0/s1. The fourth-order valence-electron chi connectivity index (χ4n) is 2.21. The number of carbonyl (C=O) groups is 4. The highest BCUT2D eigenvalue weighted by Gasteiger charge is 2.27. The Kier molecular flexibility index (Phi) is 9.11. The van der Waals surface area contributed by atoms with E-state index in [9.17, 15) is 19.2 Å². The van der Waals surface area contributed by atoms with Crippen molar-refractivity contribution in [2.75, 3.05) is 0 Å². The minimum Gasteiger partial charge on any atom is -0.459 e. The van der Waals surface area contributed by atoms with Crippen LogP contribution in [0.1, 0.15) is 46.1 Å². The third kappa shape index (κ3) is 10.1. The van der Waals surface area contributed by atoms with Crippen LogP contribution in [0.4, 0.5) is 4.79 Å². The van der Waals surface area contributed by atoms with Crippen LogP contribution in [0.5, 0.6) is 0 Å². The highest BCUT2D eigenvalue weighted by Crippen LogP contribution is 2.08. The normalized spacial score (nSPS) is 13.0. The molecule has 0 spiro atoms. The Morgan fingerprint density at radius 2 is 1.69 bits per heavy atom. The van der Waals surface area contributed by atoms with E-state index in [2.05, 4.69) is 10.6 Å². The SMILES string of the molecule is C[C@H](NC(=O)OC(C)(C)C)C(=O)N[C@@H](CCC(N)=O)C(=O)OCc1ccccc1. The number of hydrogen-bond acceptors (Lipinski definition) is 6. The summed E-state index contributed by atoms with van der Waals surface area (Å²) in [5.74, 6) is -1.94. The van der Waals surface area contributed by atoms with Crippen LogP contribution in [0.25, 0.3) is 0 Å². The van der Waals surface area contributed by atoms with Crippen LogP contribution in [-0.2, 0) is 30.5 Å². The second-order valence-corrected chi connectivity index (χ2v) is 7.53. The summed E-state index contributed by atoms with van der Waals surface area (Å²) in [6.07, 6.45) is -0.895. The second-order valence-electron chi connectivity index (χ2n) is 7.53. The fourth-order valence-corrected chi connectivity index (χ4v) is 2.21. The molecule has 3 amide bonds. The van der Waals surface area contributed by atoms with E-state index in [0.29, 0.717) is 0 Å². The Morgan fingerprint density at radius 3 is 2.24 bits per heavy atom. The average Bonchev–Trinajstić information content (AvgIpc) is 2.61. The smallest absolute Gasteiger partial charge is 0.408 e. The molecule has 0 radical (unpaired) electrons. The minimum absolute atomic E-state index is 0.0200. The number of ether oxygens (including phenoxy) is 2. The molecule has 0 unspecified atom stereocenters. The van der Waals surface area contributed by atoms with Crippen LogP contribution in [0.15, 0.2) is 30.3 Å². The van der Waals surface area contributed by atoms with Crippen molar-refractivity contribution in [2.45, 2.75) is 64.8 Å². The van der Waals surface area contributed by atoms with E-state index < -0.39 is 41.6 Å². The summed E-state index contributed by atoms with van der Waals surface area (Å²) in [7, 11) is 0. The summed E-state index contributed by atoms with van der Waals surface area (Å²) in [5.41, 5.74) is 5.21. The maximum Gasteiger partial charge on any atom is 0.408 e. The van der Waals surface area contributed by atoms with Crippen molar-refractivity contribution in [3.05, 3.63) is 35.9 Å². The molecule has 0 heterocycles. The van der Waals surface area contributed by atoms with Gasteiger partial charge in [0.1, 0.15) is 24.3 Å². The average molecular weight is 407 g/mol. The van der Waals surface area contributed by atoms with E-state index >= 15 is 0 Å². The maximum absolute atomic E-state index is 12.4. The third-order valence-electron chi connectivity index (χ3n) is 3.63. The summed E-state index contributed by atoms with van der Waals surface area (Å²) in [6, 6.07) is 6.97. The quantitative estimate of drug-likeness (QED) is 0.529. The molecule has 1 aromatic carbocycles. The van der Waals surface area contributed by atoms with E-state index in [1.54, 1.807) is 45.0 Å². The number of amides is 3. The molecule has 0 aromatic heterocycles. The van der Waals surface area contributed by atoms with Crippen LogP contribution >= 0.6 is 0 Å². The van der Waals surface area contributed by atoms with E-state index in [1.165, 1.54) is 6.92 Å². The van der Waals surface area contributed by atoms with Crippen LogP contribution in [-0.4, -0.2) is 41.6 Å². The fraction of sp³-hybridized carbons (Fsp3) is 0.500. The number of nitrogens with two attached hydrogens (primary N) is 1. The molecule has 0 saturated heterocycles. The number of rotatable bonds is 9. The molecule has 0 aliphatic rings. The molecule has 0 fully saturated rings. The van der Waals surface area contributed by atoms with Crippen LogP contribution in [0, 0.1) is 0 Å². The zero-order chi connectivity index (χ0) is 22.0. The van der Waals surface area contributed by atoms with Gasteiger partial charge in [-0.3, -0.25) is 9.59 Å². The Balaban J connectivity index is 2.67. The first-order valence-corrected chi connectivity index (χ1v) is 9.26. The van der Waals surface area contributed by atoms with E-state index in [-0.39, 0.29) is 19.4 Å². The molecule has 2 atom stereocenters. The van der Waals surface area contributed by atoms with Crippen molar-refractivity contribution in [1.29, 1.82) is 0 Å². The lowest BCUT2D eigenvalue weighted by Gasteiger charge is -2.23. The van der Waals surface area contributed by atoms with Gasteiger partial charge in [0.05, 0.1) is 0 Å². The molecular weight excluding hydrogens is 378 g/mol. The van der Waals surface area contributed by atoms with Crippen molar-refractivity contribution in [2.24, 2.45) is 5.73 Å². The topological polar surface area (TPSA) is 137 Å². The number of alkyl carbamates (subject to hydrolysis) is 1. The first kappa shape index (κ1) is 23.9. The molecule has 0 aliphatic carbocycles. The lowest BCUT2D eigenvalue weighted by Crippen LogP contribution is -2.51. The number of carbonyl (C=O) groups excluding carboxylic acids is 4. The molecule has 0 aliphatic heterocycles. The lowest BCUT2D eigenvalue weighted by molar-refractivity contribution is -0.149. The number of hydrogen-bond donors (Lipinski definition) is 3. The van der Waals surface area contributed by atoms with Crippen LogP contribution in [0.2, 0.25) is 0 Å². The summed E-state index contributed by atoms with van der Waals surface area (Å²) < 4.78 is 10.3. The zero-order valence-corrected chi connectivity index (χ0v) is 17.2. The van der Waals surface area contributed by atoms with Gasteiger partial charge in [0.15, 0.2) is 0 Å². The first-order chi connectivity index (χ1) is 13.5. The maximum atomic E-state index is 12.4. The summed E-state index contributed by atoms with van der Waals surface area (Å²) >= 11 is 0. The predicted octanol–water partition coefficient (Wildman–Crippen LogP) is 1.39. The highest BCUT2D eigenvalue weighted by atomic mass is 16.6. The second kappa shape index (κ2) is 11.0. The van der Waals surface area contributed by atoms with E-state index in [0.717, 1.165) is 5.56 Å². The Morgan fingerprint density at radius 1 is 1.07 bits per heavy atom. The summed E-state index contributed by atoms with van der Waals surface area (Å²) in [4.78, 5) is 47.7. The molecule has 160 valence electrons. The number of primary amides is 1. The van der Waals surface area contributed by atoms with Gasteiger partial charge < -0.3 is 25.8 Å². The van der Waals surface area contributed by atoms with Crippen molar-refractivity contribution < 1.29 is 28.7 Å². The first-order valence-electron chi connectivity index (χ1n) is 9.26. The van der Waals surface area contributed by atoms with Gasteiger partial charge in [-0.1, -0.05) is 30.3 Å². The summed E-state index contributed by atoms with van der Waals surface area (Å²) in [5, 5.41) is 4.87. The van der Waals surface area contributed by atoms with Gasteiger partial charge >= 0.3 is 12.1 Å². The minimum atomic E-state index is -1.08. The molecule has 29 heavy (non-hydrogen) atoms. The lowest BCUT2D eigenvalue weighted by atomic mass is 10.1. The third-order valence-corrected chi connectivity index (χ3v) is 3.63. The van der Waals surface area contributed by atoms with Crippen LogP contribution < -0.4 is 16.4 Å². The molecule has 1 aromatic rings. The summed E-state index contributed by atoms with van der Waals surface area (Å²) in [6.45, 7) is 6.55. The van der Waals surface area contributed by atoms with Crippen molar-refractivity contribution in [3.8, 4) is 0 Å². The number of nitrogens with one attached hydrogen (secondary N) is 2. The van der Waals surface area contributed by atoms with E-state index in [4.69, 9.17) is 15.2 Å². The van der Waals surface area contributed by atoms with Gasteiger partial charge in [-0.15, -0.1) is 0 Å². The monoisotopic (exact) mass is 407 g/mol. The Labute approximate surface area is 170 Å². The molecule has 9 heteroatoms. The predicted molar refractivity (Wildman–Crippen MR) is 105 cm³/mol. The zero-order valence-electron chi connectivity index (χ0n) is 17.2. The molecule has 0 saturated carbocycles. The van der Waals surface area contributed by atoms with Gasteiger partial charge in [-0.25, -0.2) is 9.59 Å². The van der Waals surface area contributed by atoms with Gasteiger partial charge in [0.2, 0.25) is 11.8 Å². The van der Waals surface area contributed by atoms with Gasteiger partial charge in [-0.2, -0.15) is 0 Å². The van der Waals surface area contributed by atoms with Crippen molar-refractivity contribution in [3.63, 3.8) is 0 Å². The molecule has 4 N–H and O–H groups in total. The molecule has 1 rings (SSSR count). The number of esters is 1. The van der Waals surface area contributed by atoms with Crippen LogP contribution in [0.3, 0.4) is 0 Å². The van der Waals surface area contributed by atoms with Crippen molar-refractivity contribution >= 4 is 23.9 Å². The Hall–Kier alpha value is -3.10. The highest BCUT2D eigenvalue weighted by molar-refractivity contribution is 5.89. The molecule has 9 nitrogen and oxygen atoms in total. The van der Waals surface area contributed by atoms with Gasteiger partial charge in [-0.05, 0) is 39.7 Å². The molecular formula is C20H29N3O6. The Bertz CT molecular complexity index is 715. The number of benzene rings is 1. The van der Waals surface area contributed by atoms with Gasteiger partial charge in [0.25, 0.3) is 0 Å².